The summed E-state index contributed by atoms with van der Waals surface area (Å²) in [4.78, 5) is 7.19. The fraction of sp³-hybridized carbons (Fsp3) is 0.600. The van der Waals surface area contributed by atoms with E-state index >= 15 is 0 Å². The summed E-state index contributed by atoms with van der Waals surface area (Å²) >= 11 is 0. The summed E-state index contributed by atoms with van der Waals surface area (Å²) in [6, 6.07) is 2.30. The van der Waals surface area contributed by atoms with E-state index in [1.165, 1.54) is 0 Å². The predicted molar refractivity (Wildman–Crippen MR) is 127 cm³/mol. The molecule has 0 aliphatic rings. The SMILES string of the molecule is C=CCN(CC=C)C(CN=C(NCC)NCCCn1cccn1)C(C)C.I. The Labute approximate surface area is 182 Å². The Morgan fingerprint density at radius 1 is 1.26 bits per heavy atom. The Bertz CT molecular complexity index is 517. The summed E-state index contributed by atoms with van der Waals surface area (Å²) in [5.41, 5.74) is 0. The molecule has 0 radical (unpaired) electrons. The van der Waals surface area contributed by atoms with Gasteiger partial charge in [0.25, 0.3) is 0 Å². The average molecular weight is 488 g/mol. The van der Waals surface area contributed by atoms with Crippen molar-refractivity contribution in [2.75, 3.05) is 32.7 Å². The fourth-order valence-corrected chi connectivity index (χ4v) is 2.83. The number of aliphatic imine (C=N–C) groups is 1. The van der Waals surface area contributed by atoms with Gasteiger partial charge in [-0.25, -0.2) is 0 Å². The molecule has 1 rings (SSSR count). The summed E-state index contributed by atoms with van der Waals surface area (Å²) in [5.74, 6) is 1.37. The molecule has 0 aliphatic carbocycles. The van der Waals surface area contributed by atoms with Gasteiger partial charge < -0.3 is 10.6 Å². The molecule has 1 atom stereocenters. The van der Waals surface area contributed by atoms with Crippen molar-refractivity contribution >= 4 is 29.9 Å². The highest BCUT2D eigenvalue weighted by Gasteiger charge is 2.20. The van der Waals surface area contributed by atoms with E-state index < -0.39 is 0 Å². The van der Waals surface area contributed by atoms with E-state index in [0.717, 1.165) is 51.6 Å². The fourth-order valence-electron chi connectivity index (χ4n) is 2.83. The number of hydrogen-bond donors (Lipinski definition) is 2. The molecule has 1 aromatic rings. The highest BCUT2D eigenvalue weighted by Crippen LogP contribution is 2.11. The smallest absolute Gasteiger partial charge is 0.191 e. The maximum absolute atomic E-state index is 4.82. The lowest BCUT2D eigenvalue weighted by atomic mass is 10.0. The number of hydrogen-bond acceptors (Lipinski definition) is 3. The minimum Gasteiger partial charge on any atom is -0.357 e. The molecule has 0 bridgehead atoms. The molecule has 1 aromatic heterocycles. The first-order valence-corrected chi connectivity index (χ1v) is 9.57. The van der Waals surface area contributed by atoms with Crippen molar-refractivity contribution in [3.8, 4) is 0 Å². The maximum atomic E-state index is 4.82. The predicted octanol–water partition coefficient (Wildman–Crippen LogP) is 3.14. The van der Waals surface area contributed by atoms with Gasteiger partial charge in [-0.2, -0.15) is 5.10 Å². The Morgan fingerprint density at radius 2 is 1.96 bits per heavy atom. The molecular weight excluding hydrogens is 451 g/mol. The second-order valence-electron chi connectivity index (χ2n) is 6.61. The summed E-state index contributed by atoms with van der Waals surface area (Å²) in [7, 11) is 0. The third-order valence-corrected chi connectivity index (χ3v) is 4.16. The van der Waals surface area contributed by atoms with Gasteiger partial charge in [-0.1, -0.05) is 26.0 Å². The lowest BCUT2D eigenvalue weighted by Crippen LogP contribution is -2.43. The Kier molecular flexibility index (Phi) is 14.9. The van der Waals surface area contributed by atoms with Crippen LogP contribution in [0.5, 0.6) is 0 Å². The van der Waals surface area contributed by atoms with E-state index in [1.54, 1.807) is 0 Å². The van der Waals surface area contributed by atoms with Crippen LogP contribution in [0.15, 0.2) is 48.8 Å². The van der Waals surface area contributed by atoms with Gasteiger partial charge in [0.2, 0.25) is 0 Å². The van der Waals surface area contributed by atoms with Gasteiger partial charge in [-0.3, -0.25) is 14.6 Å². The van der Waals surface area contributed by atoms with E-state index in [0.29, 0.717) is 12.0 Å². The number of nitrogens with zero attached hydrogens (tertiary/aromatic N) is 4. The van der Waals surface area contributed by atoms with Gasteiger partial charge in [0.1, 0.15) is 0 Å². The van der Waals surface area contributed by atoms with Gasteiger partial charge >= 0.3 is 0 Å². The standard InChI is InChI=1S/C20H36N6.HI/c1-6-13-25(14-7-2)19(18(4)5)17-23-20(21-8-3)22-11-9-15-26-16-10-12-24-26;/h6-7,10,12,16,18-19H,1-2,8-9,11,13-15,17H2,3-5H3,(H2,21,22,23);1H. The number of halogens is 1. The van der Waals surface area contributed by atoms with Crippen LogP contribution in [-0.2, 0) is 6.54 Å². The van der Waals surface area contributed by atoms with E-state index in [4.69, 9.17) is 4.99 Å². The molecule has 7 heteroatoms. The van der Waals surface area contributed by atoms with Crippen molar-refractivity contribution in [3.63, 3.8) is 0 Å². The number of aromatic nitrogens is 2. The van der Waals surface area contributed by atoms with Crippen molar-refractivity contribution in [3.05, 3.63) is 43.8 Å². The molecule has 0 aromatic carbocycles. The quantitative estimate of drug-likeness (QED) is 0.147. The topological polar surface area (TPSA) is 57.5 Å². The van der Waals surface area contributed by atoms with Gasteiger partial charge in [-0.15, -0.1) is 37.1 Å². The lowest BCUT2D eigenvalue weighted by Gasteiger charge is -2.32. The van der Waals surface area contributed by atoms with Crippen molar-refractivity contribution in [2.24, 2.45) is 10.9 Å². The molecule has 1 heterocycles. The van der Waals surface area contributed by atoms with Crippen molar-refractivity contribution in [1.29, 1.82) is 0 Å². The van der Waals surface area contributed by atoms with Crippen LogP contribution in [0.2, 0.25) is 0 Å². The van der Waals surface area contributed by atoms with E-state index in [1.807, 2.05) is 35.3 Å². The Morgan fingerprint density at radius 3 is 2.48 bits per heavy atom. The zero-order valence-electron chi connectivity index (χ0n) is 17.1. The monoisotopic (exact) mass is 488 g/mol. The van der Waals surface area contributed by atoms with Crippen molar-refractivity contribution < 1.29 is 0 Å². The van der Waals surface area contributed by atoms with Gasteiger partial charge in [-0.05, 0) is 25.3 Å². The molecule has 0 saturated carbocycles. The minimum absolute atomic E-state index is 0. The largest absolute Gasteiger partial charge is 0.357 e. The van der Waals surface area contributed by atoms with E-state index in [9.17, 15) is 0 Å². The molecule has 154 valence electrons. The highest BCUT2D eigenvalue weighted by atomic mass is 127. The van der Waals surface area contributed by atoms with Gasteiger partial charge in [0, 0.05) is 51.2 Å². The molecule has 0 fully saturated rings. The van der Waals surface area contributed by atoms with Crippen LogP contribution in [0.1, 0.15) is 27.2 Å². The van der Waals surface area contributed by atoms with Crippen LogP contribution in [0.25, 0.3) is 0 Å². The van der Waals surface area contributed by atoms with Gasteiger partial charge in [0.05, 0.1) is 6.54 Å². The summed E-state index contributed by atoms with van der Waals surface area (Å²) in [5, 5.41) is 11.0. The van der Waals surface area contributed by atoms with Crippen molar-refractivity contribution in [1.82, 2.24) is 25.3 Å². The second kappa shape index (κ2) is 15.7. The third-order valence-electron chi connectivity index (χ3n) is 4.16. The van der Waals surface area contributed by atoms with Crippen molar-refractivity contribution in [2.45, 2.75) is 39.8 Å². The summed E-state index contributed by atoms with van der Waals surface area (Å²) < 4.78 is 1.95. The molecule has 2 N–H and O–H groups in total. The normalized spacial score (nSPS) is 12.6. The molecule has 0 spiro atoms. The van der Waals surface area contributed by atoms with Gasteiger partial charge in [0.15, 0.2) is 5.96 Å². The molecule has 6 nitrogen and oxygen atoms in total. The zero-order valence-corrected chi connectivity index (χ0v) is 19.4. The van der Waals surface area contributed by atoms with Crippen LogP contribution in [0.4, 0.5) is 0 Å². The van der Waals surface area contributed by atoms with Crippen LogP contribution in [0.3, 0.4) is 0 Å². The molecule has 1 unspecified atom stereocenters. The Hall–Kier alpha value is -1.35. The van der Waals surface area contributed by atoms with E-state index in [2.05, 4.69) is 54.6 Å². The molecule has 27 heavy (non-hydrogen) atoms. The molecule has 0 amide bonds. The molecule has 0 saturated heterocycles. The first-order valence-electron chi connectivity index (χ1n) is 9.57. The minimum atomic E-state index is 0. The van der Waals surface area contributed by atoms with Crippen LogP contribution in [0, 0.1) is 5.92 Å². The first kappa shape index (κ1) is 25.6. The van der Waals surface area contributed by atoms with Crippen LogP contribution in [-0.4, -0.2) is 59.4 Å². The molecular formula is C20H37IN6. The number of aryl methyl sites for hydroxylation is 1. The number of nitrogens with one attached hydrogen (secondary N) is 2. The summed E-state index contributed by atoms with van der Waals surface area (Å²) in [6.45, 7) is 19.4. The van der Waals surface area contributed by atoms with Crippen LogP contribution < -0.4 is 10.6 Å². The number of rotatable bonds is 13. The average Bonchev–Trinajstić information content (AvgIpc) is 3.12. The highest BCUT2D eigenvalue weighted by molar-refractivity contribution is 14.0. The Balaban J connectivity index is 0.00000676. The maximum Gasteiger partial charge on any atom is 0.191 e. The number of guanidine groups is 1. The molecule has 0 aliphatic heterocycles. The zero-order chi connectivity index (χ0) is 19.2. The lowest BCUT2D eigenvalue weighted by molar-refractivity contribution is 0.195. The van der Waals surface area contributed by atoms with E-state index in [-0.39, 0.29) is 24.0 Å². The second-order valence-corrected chi connectivity index (χ2v) is 6.61. The third kappa shape index (κ3) is 10.5. The first-order chi connectivity index (χ1) is 12.6. The van der Waals surface area contributed by atoms with Crippen LogP contribution >= 0.6 is 24.0 Å². The summed E-state index contributed by atoms with van der Waals surface area (Å²) in [6.07, 6.45) is 8.69.